The van der Waals surface area contributed by atoms with E-state index in [1.807, 2.05) is 25.1 Å². The van der Waals surface area contributed by atoms with Crippen molar-refractivity contribution in [3.8, 4) is 0 Å². The number of nitrogens with zero attached hydrogens (tertiary/aromatic N) is 3. The zero-order chi connectivity index (χ0) is 22.6. The quantitative estimate of drug-likeness (QED) is 0.609. The van der Waals surface area contributed by atoms with Crippen molar-refractivity contribution in [2.24, 2.45) is 5.92 Å². The number of aryl methyl sites for hydroxylation is 1. The van der Waals surface area contributed by atoms with E-state index in [4.69, 9.17) is 33.5 Å². The smallest absolute Gasteiger partial charge is 0.231 e. The molecule has 6 nitrogen and oxygen atoms in total. The summed E-state index contributed by atoms with van der Waals surface area (Å²) in [7, 11) is 0. The van der Waals surface area contributed by atoms with Gasteiger partial charge in [-0.25, -0.2) is 4.98 Å². The third-order valence-corrected chi connectivity index (χ3v) is 7.13. The Morgan fingerprint density at radius 1 is 1.22 bits per heavy atom. The van der Waals surface area contributed by atoms with Crippen LogP contribution in [0.25, 0.3) is 0 Å². The van der Waals surface area contributed by atoms with Gasteiger partial charge < -0.3 is 20.3 Å². The maximum Gasteiger partial charge on any atom is 0.231 e. The molecule has 0 unspecified atom stereocenters. The van der Waals surface area contributed by atoms with Crippen LogP contribution in [0.4, 0.5) is 11.8 Å². The van der Waals surface area contributed by atoms with Crippen molar-refractivity contribution in [2.75, 3.05) is 43.1 Å². The third kappa shape index (κ3) is 5.69. The minimum atomic E-state index is -0.0714. The Hall–Kier alpha value is -1.96. The van der Waals surface area contributed by atoms with Gasteiger partial charge in [0.2, 0.25) is 5.95 Å². The predicted molar refractivity (Wildman–Crippen MR) is 135 cm³/mol. The Balaban J connectivity index is 1.43. The van der Waals surface area contributed by atoms with Gasteiger partial charge in [0.15, 0.2) is 5.11 Å². The van der Waals surface area contributed by atoms with Gasteiger partial charge in [-0.1, -0.05) is 30.7 Å². The molecule has 1 aromatic carbocycles. The lowest BCUT2D eigenvalue weighted by Crippen LogP contribution is -2.45. The van der Waals surface area contributed by atoms with E-state index in [2.05, 4.69) is 39.6 Å². The van der Waals surface area contributed by atoms with E-state index in [-0.39, 0.29) is 5.41 Å². The second kappa shape index (κ2) is 10.3. The number of thiocarbonyl (C=S) groups is 1. The average Bonchev–Trinajstić information content (AvgIpc) is 2.78. The number of hydrogen-bond donors (Lipinski definition) is 2. The molecule has 2 aliphatic rings. The molecular formula is C24H32ClN5OS. The number of rotatable bonds is 5. The Labute approximate surface area is 201 Å². The Morgan fingerprint density at radius 3 is 2.69 bits per heavy atom. The molecule has 3 heterocycles. The van der Waals surface area contributed by atoms with Crippen molar-refractivity contribution < 1.29 is 4.74 Å². The first-order chi connectivity index (χ1) is 15.4. The van der Waals surface area contributed by atoms with Crippen molar-refractivity contribution in [3.63, 3.8) is 0 Å². The first-order valence-electron chi connectivity index (χ1n) is 11.4. The molecule has 2 fully saturated rings. The molecule has 2 saturated heterocycles. The van der Waals surface area contributed by atoms with Gasteiger partial charge in [-0.15, -0.1) is 0 Å². The molecule has 2 aliphatic heterocycles. The molecule has 0 saturated carbocycles. The molecular weight excluding hydrogens is 442 g/mol. The van der Waals surface area contributed by atoms with Crippen LogP contribution in [0.2, 0.25) is 5.02 Å². The lowest BCUT2D eigenvalue weighted by Gasteiger charge is -2.38. The number of ether oxygens (including phenoxy) is 1. The summed E-state index contributed by atoms with van der Waals surface area (Å²) in [6.45, 7) is 8.53. The van der Waals surface area contributed by atoms with Crippen LogP contribution < -0.4 is 15.5 Å². The topological polar surface area (TPSA) is 62.3 Å². The average molecular weight is 474 g/mol. The highest BCUT2D eigenvalue weighted by atomic mass is 35.5. The van der Waals surface area contributed by atoms with Crippen LogP contribution in [0.1, 0.15) is 43.9 Å². The zero-order valence-corrected chi connectivity index (χ0v) is 20.4. The summed E-state index contributed by atoms with van der Waals surface area (Å²) in [4.78, 5) is 11.6. The SMILES string of the molecule is Cc1cc(N2CCC(C)CC2)nc(NC(=S)NCC2(c3cccc(Cl)c3)CCOCC2)n1. The van der Waals surface area contributed by atoms with Gasteiger partial charge in [0, 0.05) is 55.0 Å². The Kier molecular flexibility index (Phi) is 7.48. The fourth-order valence-electron chi connectivity index (χ4n) is 4.55. The number of anilines is 2. The highest BCUT2D eigenvalue weighted by molar-refractivity contribution is 7.80. The van der Waals surface area contributed by atoms with Crippen LogP contribution in [0.15, 0.2) is 30.3 Å². The highest BCUT2D eigenvalue weighted by Crippen LogP contribution is 2.35. The molecule has 0 amide bonds. The van der Waals surface area contributed by atoms with E-state index in [1.54, 1.807) is 0 Å². The normalized spacial score (nSPS) is 18.9. The summed E-state index contributed by atoms with van der Waals surface area (Å²) in [6.07, 6.45) is 4.23. The summed E-state index contributed by atoms with van der Waals surface area (Å²) in [5.74, 6) is 2.29. The monoisotopic (exact) mass is 473 g/mol. The molecule has 0 bridgehead atoms. The number of nitrogens with one attached hydrogen (secondary N) is 2. The Bertz CT molecular complexity index is 942. The molecule has 2 N–H and O–H groups in total. The Morgan fingerprint density at radius 2 is 1.97 bits per heavy atom. The van der Waals surface area contributed by atoms with E-state index in [0.717, 1.165) is 61.6 Å². The first kappa shape index (κ1) is 23.2. The van der Waals surface area contributed by atoms with E-state index < -0.39 is 0 Å². The van der Waals surface area contributed by atoms with E-state index in [0.29, 0.717) is 17.6 Å². The van der Waals surface area contributed by atoms with Crippen molar-refractivity contribution in [3.05, 3.63) is 46.6 Å². The standard InChI is InChI=1S/C24H32ClN5OS/c1-17-6-10-30(11-7-17)21-14-18(2)27-22(28-21)29-23(32)26-16-24(8-12-31-13-9-24)19-4-3-5-20(25)15-19/h3-5,14-15,17H,6-13,16H2,1-2H3,(H2,26,27,28,29,32). The summed E-state index contributed by atoms with van der Waals surface area (Å²) < 4.78 is 5.64. The second-order valence-corrected chi connectivity index (χ2v) is 9.92. The first-order valence-corrected chi connectivity index (χ1v) is 12.2. The summed E-state index contributed by atoms with van der Waals surface area (Å²) in [5, 5.41) is 7.90. The van der Waals surface area contributed by atoms with Gasteiger partial charge in [0.05, 0.1) is 0 Å². The van der Waals surface area contributed by atoms with Crippen molar-refractivity contribution in [1.82, 2.24) is 15.3 Å². The number of aromatic nitrogens is 2. The summed E-state index contributed by atoms with van der Waals surface area (Å²) in [6, 6.07) is 10.2. The van der Waals surface area contributed by atoms with Gasteiger partial charge in [-0.3, -0.25) is 0 Å². The second-order valence-electron chi connectivity index (χ2n) is 9.07. The maximum absolute atomic E-state index is 6.29. The van der Waals surface area contributed by atoms with Crippen LogP contribution >= 0.6 is 23.8 Å². The molecule has 4 rings (SSSR count). The number of halogens is 1. The molecule has 32 heavy (non-hydrogen) atoms. The molecule has 0 spiro atoms. The highest BCUT2D eigenvalue weighted by Gasteiger charge is 2.34. The van der Waals surface area contributed by atoms with Crippen LogP contribution in [0.5, 0.6) is 0 Å². The van der Waals surface area contributed by atoms with Crippen molar-refractivity contribution in [2.45, 2.75) is 44.9 Å². The minimum absolute atomic E-state index is 0.0714. The molecule has 2 aromatic rings. The lowest BCUT2D eigenvalue weighted by atomic mass is 9.74. The molecule has 1 aromatic heterocycles. The van der Waals surface area contributed by atoms with E-state index in [9.17, 15) is 0 Å². The fourth-order valence-corrected chi connectivity index (χ4v) is 4.90. The molecule has 172 valence electrons. The number of hydrogen-bond acceptors (Lipinski definition) is 5. The maximum atomic E-state index is 6.29. The van der Waals surface area contributed by atoms with E-state index in [1.165, 1.54) is 18.4 Å². The van der Waals surface area contributed by atoms with Crippen LogP contribution in [-0.4, -0.2) is 47.9 Å². The van der Waals surface area contributed by atoms with Crippen molar-refractivity contribution in [1.29, 1.82) is 0 Å². The van der Waals surface area contributed by atoms with Gasteiger partial charge in [-0.2, -0.15) is 4.98 Å². The van der Waals surface area contributed by atoms with Crippen LogP contribution in [0, 0.1) is 12.8 Å². The minimum Gasteiger partial charge on any atom is -0.381 e. The van der Waals surface area contributed by atoms with Crippen molar-refractivity contribution >= 4 is 40.7 Å². The number of benzene rings is 1. The third-order valence-electron chi connectivity index (χ3n) is 6.65. The van der Waals surface area contributed by atoms with Crippen LogP contribution in [-0.2, 0) is 10.2 Å². The van der Waals surface area contributed by atoms with E-state index >= 15 is 0 Å². The summed E-state index contributed by atoms with van der Waals surface area (Å²) in [5.41, 5.74) is 2.08. The fraction of sp³-hybridized carbons (Fsp3) is 0.542. The zero-order valence-electron chi connectivity index (χ0n) is 18.9. The molecule has 0 radical (unpaired) electrons. The van der Waals surface area contributed by atoms with Gasteiger partial charge in [0.25, 0.3) is 0 Å². The lowest BCUT2D eigenvalue weighted by molar-refractivity contribution is 0.0515. The summed E-state index contributed by atoms with van der Waals surface area (Å²) >= 11 is 11.9. The number of piperidine rings is 1. The van der Waals surface area contributed by atoms with Gasteiger partial charge >= 0.3 is 0 Å². The van der Waals surface area contributed by atoms with Gasteiger partial charge in [-0.05, 0) is 68.4 Å². The predicted octanol–water partition coefficient (Wildman–Crippen LogP) is 4.71. The van der Waals surface area contributed by atoms with Gasteiger partial charge in [0.1, 0.15) is 5.82 Å². The molecule has 8 heteroatoms. The molecule has 0 aliphatic carbocycles. The van der Waals surface area contributed by atoms with Crippen LogP contribution in [0.3, 0.4) is 0 Å². The largest absolute Gasteiger partial charge is 0.381 e. The molecule has 0 atom stereocenters.